The Morgan fingerprint density at radius 1 is 1.26 bits per heavy atom. The molecule has 1 heterocycles. The molecule has 19 heavy (non-hydrogen) atoms. The minimum atomic E-state index is -0.141. The van der Waals surface area contributed by atoms with Gasteiger partial charge in [0.15, 0.2) is 0 Å². The lowest BCUT2D eigenvalue weighted by molar-refractivity contribution is 0.255. The van der Waals surface area contributed by atoms with Gasteiger partial charge in [-0.25, -0.2) is 0 Å². The van der Waals surface area contributed by atoms with Gasteiger partial charge in [0.25, 0.3) is 0 Å². The maximum atomic E-state index is 9.56. The normalized spacial score (nSPS) is 13.3. The Hall–Kier alpha value is -2.00. The fourth-order valence-electron chi connectivity index (χ4n) is 1.98. The van der Waals surface area contributed by atoms with E-state index in [1.807, 2.05) is 62.4 Å². The van der Waals surface area contributed by atoms with E-state index in [-0.39, 0.29) is 12.6 Å². The molecule has 2 aromatic rings. The second kappa shape index (κ2) is 6.25. The number of aliphatic hydroxyl groups is 1. The van der Waals surface area contributed by atoms with Crippen LogP contribution in [0.15, 0.2) is 53.0 Å². The van der Waals surface area contributed by atoms with Gasteiger partial charge in [0, 0.05) is 0 Å². The molecule has 3 nitrogen and oxygen atoms in total. The van der Waals surface area contributed by atoms with E-state index in [0.717, 1.165) is 22.8 Å². The smallest absolute Gasteiger partial charge is 0.149 e. The van der Waals surface area contributed by atoms with Crippen molar-refractivity contribution >= 4 is 5.70 Å². The van der Waals surface area contributed by atoms with Gasteiger partial charge in [-0.3, -0.25) is 0 Å². The van der Waals surface area contributed by atoms with E-state index in [1.54, 1.807) is 0 Å². The van der Waals surface area contributed by atoms with Gasteiger partial charge < -0.3 is 14.8 Å². The van der Waals surface area contributed by atoms with Crippen LogP contribution in [-0.4, -0.2) is 11.7 Å². The first-order chi connectivity index (χ1) is 9.24. The van der Waals surface area contributed by atoms with Crippen LogP contribution in [0.4, 0.5) is 0 Å². The van der Waals surface area contributed by atoms with Gasteiger partial charge in [-0.15, -0.1) is 0 Å². The first-order valence-corrected chi connectivity index (χ1v) is 6.40. The van der Waals surface area contributed by atoms with Crippen LogP contribution in [0, 0.1) is 6.92 Å². The third-order valence-electron chi connectivity index (χ3n) is 3.01. The average molecular weight is 257 g/mol. The standard InChI is InChI=1S/C16H19NO2/c1-3-14(16-10-9-12(2)19-16)17-15(11-18)13-7-5-4-6-8-13/h3-10,15,17-18H,11H2,1-2H3/b14-3-/t15-/m0/s1. The van der Waals surface area contributed by atoms with Gasteiger partial charge in [-0.1, -0.05) is 36.4 Å². The van der Waals surface area contributed by atoms with Crippen LogP contribution in [0.2, 0.25) is 0 Å². The van der Waals surface area contributed by atoms with Crippen LogP contribution in [-0.2, 0) is 0 Å². The Balaban J connectivity index is 2.18. The van der Waals surface area contributed by atoms with E-state index in [0.29, 0.717) is 0 Å². The van der Waals surface area contributed by atoms with Gasteiger partial charge >= 0.3 is 0 Å². The van der Waals surface area contributed by atoms with Crippen LogP contribution < -0.4 is 5.32 Å². The Morgan fingerprint density at radius 3 is 2.53 bits per heavy atom. The molecule has 1 aromatic carbocycles. The van der Waals surface area contributed by atoms with E-state index < -0.39 is 0 Å². The highest BCUT2D eigenvalue weighted by atomic mass is 16.3. The number of rotatable bonds is 5. The molecule has 0 aliphatic carbocycles. The zero-order valence-corrected chi connectivity index (χ0v) is 11.3. The van der Waals surface area contributed by atoms with Gasteiger partial charge in [-0.05, 0) is 31.5 Å². The van der Waals surface area contributed by atoms with Crippen molar-refractivity contribution in [1.82, 2.24) is 5.32 Å². The summed E-state index contributed by atoms with van der Waals surface area (Å²) in [6.45, 7) is 3.89. The fourth-order valence-corrected chi connectivity index (χ4v) is 1.98. The predicted octanol–water partition coefficient (Wildman–Crippen LogP) is 3.27. The monoisotopic (exact) mass is 257 g/mol. The van der Waals surface area contributed by atoms with Crippen LogP contribution >= 0.6 is 0 Å². The van der Waals surface area contributed by atoms with Gasteiger partial charge in [-0.2, -0.15) is 0 Å². The van der Waals surface area contributed by atoms with Crippen LogP contribution in [0.1, 0.15) is 30.0 Å². The largest absolute Gasteiger partial charge is 0.460 e. The SMILES string of the molecule is C/C=C(\N[C@@H](CO)c1ccccc1)c1ccc(C)o1. The molecule has 1 atom stereocenters. The first-order valence-electron chi connectivity index (χ1n) is 6.40. The van der Waals surface area contributed by atoms with Crippen molar-refractivity contribution in [2.24, 2.45) is 0 Å². The molecule has 0 unspecified atom stereocenters. The number of benzene rings is 1. The van der Waals surface area contributed by atoms with Crippen LogP contribution in [0.5, 0.6) is 0 Å². The molecular formula is C16H19NO2. The van der Waals surface area contributed by atoms with E-state index in [9.17, 15) is 5.11 Å². The number of nitrogens with one attached hydrogen (secondary N) is 1. The summed E-state index contributed by atoms with van der Waals surface area (Å²) in [5.74, 6) is 1.66. The summed E-state index contributed by atoms with van der Waals surface area (Å²) in [7, 11) is 0. The highest BCUT2D eigenvalue weighted by Crippen LogP contribution is 2.20. The Labute approximate surface area is 113 Å². The molecule has 0 spiro atoms. The summed E-state index contributed by atoms with van der Waals surface area (Å²) in [5, 5.41) is 12.9. The van der Waals surface area contributed by atoms with Crippen molar-refractivity contribution in [3.05, 3.63) is 65.6 Å². The van der Waals surface area contributed by atoms with Crippen molar-refractivity contribution in [1.29, 1.82) is 0 Å². The molecule has 2 N–H and O–H groups in total. The maximum absolute atomic E-state index is 9.56. The number of furan rings is 1. The number of allylic oxidation sites excluding steroid dienone is 1. The molecule has 0 radical (unpaired) electrons. The van der Waals surface area contributed by atoms with Crippen molar-refractivity contribution in [2.75, 3.05) is 6.61 Å². The van der Waals surface area contributed by atoms with Gasteiger partial charge in [0.05, 0.1) is 18.3 Å². The third kappa shape index (κ3) is 3.26. The van der Waals surface area contributed by atoms with E-state index in [2.05, 4.69) is 5.32 Å². The average Bonchev–Trinajstić information content (AvgIpc) is 2.88. The summed E-state index contributed by atoms with van der Waals surface area (Å²) in [6, 6.07) is 13.6. The number of aryl methyl sites for hydroxylation is 1. The van der Waals surface area contributed by atoms with Crippen molar-refractivity contribution in [3.63, 3.8) is 0 Å². The van der Waals surface area contributed by atoms with Gasteiger partial charge in [0.2, 0.25) is 0 Å². The summed E-state index contributed by atoms with van der Waals surface area (Å²) in [4.78, 5) is 0. The van der Waals surface area contributed by atoms with Crippen LogP contribution in [0.25, 0.3) is 5.70 Å². The molecule has 0 bridgehead atoms. The predicted molar refractivity (Wildman–Crippen MR) is 76.5 cm³/mol. The molecule has 0 amide bonds. The summed E-state index contributed by atoms with van der Waals surface area (Å²) < 4.78 is 5.61. The number of aliphatic hydroxyl groups excluding tert-OH is 1. The molecule has 0 saturated carbocycles. The first kappa shape index (κ1) is 13.4. The number of hydrogen-bond donors (Lipinski definition) is 2. The lowest BCUT2D eigenvalue weighted by atomic mass is 10.1. The van der Waals surface area contributed by atoms with E-state index in [4.69, 9.17) is 4.42 Å². The second-order valence-electron chi connectivity index (χ2n) is 4.40. The van der Waals surface area contributed by atoms with E-state index in [1.165, 1.54) is 0 Å². The molecule has 100 valence electrons. The lowest BCUT2D eigenvalue weighted by Gasteiger charge is -2.19. The molecule has 1 aromatic heterocycles. The van der Waals surface area contributed by atoms with Crippen molar-refractivity contribution < 1.29 is 9.52 Å². The molecular weight excluding hydrogens is 238 g/mol. The molecule has 2 rings (SSSR count). The zero-order valence-electron chi connectivity index (χ0n) is 11.3. The second-order valence-corrected chi connectivity index (χ2v) is 4.40. The molecule has 0 aliphatic heterocycles. The van der Waals surface area contributed by atoms with Gasteiger partial charge in [0.1, 0.15) is 11.5 Å². The highest BCUT2D eigenvalue weighted by molar-refractivity contribution is 5.59. The summed E-state index contributed by atoms with van der Waals surface area (Å²) >= 11 is 0. The third-order valence-corrected chi connectivity index (χ3v) is 3.01. The molecule has 0 aliphatic rings. The Kier molecular flexibility index (Phi) is 4.42. The Bertz CT molecular complexity index is 543. The minimum absolute atomic E-state index is 0.0288. The molecule has 0 saturated heterocycles. The minimum Gasteiger partial charge on any atom is -0.460 e. The quantitative estimate of drug-likeness (QED) is 0.864. The summed E-state index contributed by atoms with van der Waals surface area (Å²) in [5.41, 5.74) is 1.93. The maximum Gasteiger partial charge on any atom is 0.149 e. The van der Waals surface area contributed by atoms with Crippen molar-refractivity contribution in [3.8, 4) is 0 Å². The topological polar surface area (TPSA) is 45.4 Å². The fraction of sp³-hybridized carbons (Fsp3) is 0.250. The zero-order chi connectivity index (χ0) is 13.7. The van der Waals surface area contributed by atoms with E-state index >= 15 is 0 Å². The number of hydrogen-bond acceptors (Lipinski definition) is 3. The highest BCUT2D eigenvalue weighted by Gasteiger charge is 2.13. The summed E-state index contributed by atoms with van der Waals surface area (Å²) in [6.07, 6.45) is 1.95. The molecule has 0 fully saturated rings. The van der Waals surface area contributed by atoms with Crippen LogP contribution in [0.3, 0.4) is 0 Å². The molecule has 3 heteroatoms. The lowest BCUT2D eigenvalue weighted by Crippen LogP contribution is -2.22. The Morgan fingerprint density at radius 2 is 2.00 bits per heavy atom. The van der Waals surface area contributed by atoms with Crippen molar-refractivity contribution in [2.45, 2.75) is 19.9 Å².